The van der Waals surface area contributed by atoms with Crippen LogP contribution in [0.3, 0.4) is 0 Å². The number of hydrogen-bond donors (Lipinski definition) is 3. The molecule has 2 aromatic rings. The number of aliphatic carboxylic acids is 1. The highest BCUT2D eigenvalue weighted by Crippen LogP contribution is 2.44. The van der Waals surface area contributed by atoms with Crippen molar-refractivity contribution in [3.05, 3.63) is 59.7 Å². The summed E-state index contributed by atoms with van der Waals surface area (Å²) in [6.07, 6.45) is -1.52. The fourth-order valence-electron chi connectivity index (χ4n) is 3.42. The van der Waals surface area contributed by atoms with Crippen molar-refractivity contribution in [1.82, 2.24) is 10.6 Å². The molecule has 0 radical (unpaired) electrons. The molecular weight excluding hydrogens is 374 g/mol. The van der Waals surface area contributed by atoms with Crippen LogP contribution in [0.25, 0.3) is 11.1 Å². The fraction of sp³-hybridized carbons (Fsp3) is 0.238. The van der Waals surface area contributed by atoms with Crippen LogP contribution in [-0.2, 0) is 14.3 Å². The second-order valence-electron chi connectivity index (χ2n) is 6.50. The zero-order chi connectivity index (χ0) is 20.8. The second kappa shape index (κ2) is 8.89. The summed E-state index contributed by atoms with van der Waals surface area (Å²) in [5.74, 6) is -2.18. The van der Waals surface area contributed by atoms with Crippen molar-refractivity contribution in [3.8, 4) is 17.2 Å². The Kier molecular flexibility index (Phi) is 6.09. The molecule has 3 rings (SSSR count). The predicted octanol–water partition coefficient (Wildman–Crippen LogP) is 2.01. The predicted molar refractivity (Wildman–Crippen MR) is 103 cm³/mol. The maximum Gasteiger partial charge on any atom is 0.407 e. The molecule has 1 aliphatic carbocycles. The monoisotopic (exact) mass is 393 g/mol. The largest absolute Gasteiger partial charge is 0.481 e. The number of benzene rings is 2. The summed E-state index contributed by atoms with van der Waals surface area (Å²) in [5, 5.41) is 22.0. The molecule has 1 aliphatic rings. The maximum absolute atomic E-state index is 12.2. The van der Waals surface area contributed by atoms with E-state index in [9.17, 15) is 14.4 Å². The van der Waals surface area contributed by atoms with Crippen LogP contribution < -0.4 is 10.6 Å². The summed E-state index contributed by atoms with van der Waals surface area (Å²) in [6, 6.07) is 16.1. The van der Waals surface area contributed by atoms with Crippen LogP contribution in [0.5, 0.6) is 0 Å². The van der Waals surface area contributed by atoms with Crippen molar-refractivity contribution in [2.45, 2.75) is 18.4 Å². The number of nitrogens with one attached hydrogen (secondary N) is 2. The molecule has 1 unspecified atom stereocenters. The summed E-state index contributed by atoms with van der Waals surface area (Å²) in [5.41, 5.74) is 4.24. The zero-order valence-corrected chi connectivity index (χ0v) is 15.4. The molecule has 0 spiro atoms. The van der Waals surface area contributed by atoms with Gasteiger partial charge in [-0.25, -0.2) is 4.79 Å². The van der Waals surface area contributed by atoms with Crippen molar-refractivity contribution in [2.75, 3.05) is 13.2 Å². The number of fused-ring (bicyclic) bond motifs is 3. The van der Waals surface area contributed by atoms with E-state index in [1.54, 1.807) is 6.07 Å². The van der Waals surface area contributed by atoms with E-state index in [-0.39, 0.29) is 19.1 Å². The molecule has 1 atom stereocenters. The number of nitriles is 1. The van der Waals surface area contributed by atoms with Gasteiger partial charge in [0, 0.05) is 5.92 Å². The zero-order valence-electron chi connectivity index (χ0n) is 15.4. The second-order valence-corrected chi connectivity index (χ2v) is 6.50. The van der Waals surface area contributed by atoms with Crippen molar-refractivity contribution in [3.63, 3.8) is 0 Å². The molecule has 0 bridgehead atoms. The first kappa shape index (κ1) is 19.9. The van der Waals surface area contributed by atoms with Gasteiger partial charge >= 0.3 is 12.1 Å². The van der Waals surface area contributed by atoms with Gasteiger partial charge in [0.1, 0.15) is 19.2 Å². The number of ether oxygens (including phenoxy) is 1. The lowest BCUT2D eigenvalue weighted by Crippen LogP contribution is -2.48. The summed E-state index contributed by atoms with van der Waals surface area (Å²) in [7, 11) is 0. The van der Waals surface area contributed by atoms with E-state index < -0.39 is 30.4 Å². The molecule has 0 saturated heterocycles. The number of amides is 2. The third-order valence-corrected chi connectivity index (χ3v) is 4.67. The quantitative estimate of drug-likeness (QED) is 0.617. The Bertz CT molecular complexity index is 937. The lowest BCUT2D eigenvalue weighted by Gasteiger charge is -2.18. The summed E-state index contributed by atoms with van der Waals surface area (Å²) >= 11 is 0. The van der Waals surface area contributed by atoms with Gasteiger partial charge in [-0.2, -0.15) is 5.26 Å². The van der Waals surface area contributed by atoms with Crippen molar-refractivity contribution in [2.24, 2.45) is 0 Å². The molecule has 3 N–H and O–H groups in total. The normalized spacial score (nSPS) is 12.8. The molecule has 2 amide bonds. The first-order valence-electron chi connectivity index (χ1n) is 8.99. The Morgan fingerprint density at radius 1 is 1.07 bits per heavy atom. The van der Waals surface area contributed by atoms with Crippen LogP contribution in [0, 0.1) is 11.3 Å². The van der Waals surface area contributed by atoms with Crippen LogP contribution in [0.4, 0.5) is 4.79 Å². The third-order valence-electron chi connectivity index (χ3n) is 4.67. The van der Waals surface area contributed by atoms with Gasteiger partial charge in [-0.3, -0.25) is 9.59 Å². The van der Waals surface area contributed by atoms with E-state index >= 15 is 0 Å². The molecule has 148 valence electrons. The molecular formula is C21H19N3O5. The van der Waals surface area contributed by atoms with Crippen LogP contribution in [0.2, 0.25) is 0 Å². The van der Waals surface area contributed by atoms with Crippen LogP contribution in [0.1, 0.15) is 23.5 Å². The molecule has 0 aromatic heterocycles. The van der Waals surface area contributed by atoms with E-state index in [1.165, 1.54) is 0 Å². The van der Waals surface area contributed by atoms with E-state index in [0.29, 0.717) is 0 Å². The highest BCUT2D eigenvalue weighted by Gasteiger charge is 2.30. The highest BCUT2D eigenvalue weighted by atomic mass is 16.5. The Morgan fingerprint density at radius 2 is 1.66 bits per heavy atom. The molecule has 2 aromatic carbocycles. The van der Waals surface area contributed by atoms with Gasteiger partial charge in [0.25, 0.3) is 0 Å². The minimum atomic E-state index is -1.34. The molecule has 0 fully saturated rings. The summed E-state index contributed by atoms with van der Waals surface area (Å²) < 4.78 is 5.32. The smallest absolute Gasteiger partial charge is 0.407 e. The molecule has 29 heavy (non-hydrogen) atoms. The number of hydrogen-bond acceptors (Lipinski definition) is 5. The molecule has 8 heteroatoms. The van der Waals surface area contributed by atoms with Gasteiger partial charge < -0.3 is 20.5 Å². The van der Waals surface area contributed by atoms with Gasteiger partial charge in [-0.1, -0.05) is 48.5 Å². The lowest BCUT2D eigenvalue weighted by molar-refractivity contribution is -0.139. The Hall–Kier alpha value is -3.86. The average molecular weight is 393 g/mol. The Balaban J connectivity index is 1.67. The molecule has 0 aliphatic heterocycles. The number of carbonyl (C=O) groups excluding carboxylic acids is 2. The Labute approximate surface area is 167 Å². The maximum atomic E-state index is 12.2. The SMILES string of the molecule is N#CCNC(=O)C(CC(=O)O)NC(=O)OCC1c2ccccc2-c2ccccc21. The van der Waals surface area contributed by atoms with E-state index in [2.05, 4.69) is 10.6 Å². The minimum Gasteiger partial charge on any atom is -0.481 e. The highest BCUT2D eigenvalue weighted by molar-refractivity contribution is 5.89. The molecule has 8 nitrogen and oxygen atoms in total. The van der Waals surface area contributed by atoms with Gasteiger partial charge in [-0.05, 0) is 22.3 Å². The standard InChI is InChI=1S/C21H19N3O5/c22-9-10-23-20(27)18(11-19(25)26)24-21(28)29-12-17-15-7-3-1-5-13(15)14-6-2-4-8-16(14)17/h1-8,17-18H,10-12H2,(H,23,27)(H,24,28)(H,25,26). The molecule has 0 saturated carbocycles. The molecule has 0 heterocycles. The van der Waals surface area contributed by atoms with Crippen molar-refractivity contribution >= 4 is 18.0 Å². The van der Waals surface area contributed by atoms with E-state index in [1.807, 2.05) is 48.5 Å². The van der Waals surface area contributed by atoms with Gasteiger partial charge in [0.15, 0.2) is 0 Å². The average Bonchev–Trinajstić information content (AvgIpc) is 3.03. The first-order chi connectivity index (χ1) is 14.0. The summed E-state index contributed by atoms with van der Waals surface area (Å²) in [6.45, 7) is -0.249. The van der Waals surface area contributed by atoms with Gasteiger partial charge in [0.2, 0.25) is 5.91 Å². The Morgan fingerprint density at radius 3 is 2.21 bits per heavy atom. The van der Waals surface area contributed by atoms with Gasteiger partial charge in [-0.15, -0.1) is 0 Å². The van der Waals surface area contributed by atoms with Crippen molar-refractivity contribution < 1.29 is 24.2 Å². The van der Waals surface area contributed by atoms with Crippen LogP contribution in [-0.4, -0.2) is 42.3 Å². The number of carbonyl (C=O) groups is 3. The minimum absolute atomic E-state index is 0.0411. The number of carboxylic acid groups (broad SMARTS) is 1. The number of carboxylic acids is 1. The topological polar surface area (TPSA) is 129 Å². The van der Waals surface area contributed by atoms with Crippen LogP contribution in [0.15, 0.2) is 48.5 Å². The number of rotatable bonds is 7. The van der Waals surface area contributed by atoms with Gasteiger partial charge in [0.05, 0.1) is 12.5 Å². The summed E-state index contributed by atoms with van der Waals surface area (Å²) in [4.78, 5) is 35.2. The lowest BCUT2D eigenvalue weighted by atomic mass is 9.98. The number of alkyl carbamates (subject to hydrolysis) is 1. The first-order valence-corrected chi connectivity index (χ1v) is 8.99. The van der Waals surface area contributed by atoms with E-state index in [0.717, 1.165) is 22.3 Å². The van der Waals surface area contributed by atoms with Crippen molar-refractivity contribution in [1.29, 1.82) is 5.26 Å². The fourth-order valence-corrected chi connectivity index (χ4v) is 3.42. The third kappa shape index (κ3) is 4.52. The van der Waals surface area contributed by atoms with Crippen LogP contribution >= 0.6 is 0 Å². The van der Waals surface area contributed by atoms with E-state index in [4.69, 9.17) is 15.1 Å². The number of nitrogens with zero attached hydrogens (tertiary/aromatic N) is 1.